The summed E-state index contributed by atoms with van der Waals surface area (Å²) in [6.45, 7) is 6.67. The van der Waals surface area contributed by atoms with E-state index in [0.717, 1.165) is 66.8 Å². The molecule has 0 saturated heterocycles. The summed E-state index contributed by atoms with van der Waals surface area (Å²) in [5.41, 5.74) is 18.3. The monoisotopic (exact) mass is 819 g/mol. The molecule has 0 N–H and O–H groups in total. The maximum atomic E-state index is 7.02. The number of hydrogen-bond donors (Lipinski definition) is 0. The summed E-state index contributed by atoms with van der Waals surface area (Å²) >= 11 is 0. The second-order valence-corrected chi connectivity index (χ2v) is 16.3. The van der Waals surface area contributed by atoms with Crippen LogP contribution in [0.2, 0.25) is 0 Å². The summed E-state index contributed by atoms with van der Waals surface area (Å²) in [7, 11) is 0. The zero-order chi connectivity index (χ0) is 43.0. The van der Waals surface area contributed by atoms with Gasteiger partial charge in [-0.1, -0.05) is 219 Å². The van der Waals surface area contributed by atoms with E-state index in [1.54, 1.807) is 0 Å². The molecule has 304 valence electrons. The zero-order valence-corrected chi connectivity index (χ0v) is 35.7. The molecule has 0 aliphatic heterocycles. The van der Waals surface area contributed by atoms with Crippen LogP contribution in [-0.4, -0.2) is 0 Å². The first kappa shape index (κ1) is 38.7. The number of anilines is 3. The van der Waals surface area contributed by atoms with E-state index in [2.05, 4.69) is 261 Å². The Balaban J connectivity index is 1.08. The highest BCUT2D eigenvalue weighted by atomic mass is 16.3. The lowest BCUT2D eigenvalue weighted by Crippen LogP contribution is -2.29. The van der Waals surface area contributed by atoms with Crippen LogP contribution in [0.5, 0.6) is 0 Å². The van der Waals surface area contributed by atoms with Gasteiger partial charge in [-0.3, -0.25) is 0 Å². The van der Waals surface area contributed by atoms with Gasteiger partial charge in [-0.05, 0) is 98.5 Å². The summed E-state index contributed by atoms with van der Waals surface area (Å²) in [6.07, 6.45) is 4.35. The van der Waals surface area contributed by atoms with Crippen LogP contribution < -0.4 is 4.90 Å². The van der Waals surface area contributed by atoms with Crippen LogP contribution in [0.4, 0.5) is 17.1 Å². The minimum atomic E-state index is -0.543. The topological polar surface area (TPSA) is 16.4 Å². The smallest absolute Gasteiger partial charge is 0.159 e. The highest BCUT2D eigenvalue weighted by molar-refractivity contribution is 6.14. The molecule has 0 bridgehead atoms. The molecular formula is C62H45NO. The van der Waals surface area contributed by atoms with Crippen LogP contribution >= 0.6 is 0 Å². The summed E-state index contributed by atoms with van der Waals surface area (Å²) < 4.78 is 7.02. The summed E-state index contributed by atoms with van der Waals surface area (Å²) in [4.78, 5) is 2.33. The van der Waals surface area contributed by atoms with Crippen LogP contribution in [0.3, 0.4) is 0 Å². The second kappa shape index (κ2) is 16.2. The zero-order valence-electron chi connectivity index (χ0n) is 35.7. The van der Waals surface area contributed by atoms with E-state index in [4.69, 9.17) is 4.42 Å². The molecule has 1 aliphatic rings. The van der Waals surface area contributed by atoms with Crippen LogP contribution in [0.1, 0.15) is 34.7 Å². The van der Waals surface area contributed by atoms with Crippen molar-refractivity contribution in [3.63, 3.8) is 0 Å². The van der Waals surface area contributed by atoms with Gasteiger partial charge in [-0.25, -0.2) is 0 Å². The SMILES string of the molecule is C=CC1=C(/C(=C\C)c2ccc(N(c3ccc(-c4ccccc4)cc3)c3cccc4c3oc3c(-c5ccccc5)cccc34)cc2)c2ccccc2C1(c1ccccc1)c1ccccc1. The fourth-order valence-corrected chi connectivity index (χ4v) is 10.1. The van der Waals surface area contributed by atoms with E-state index in [9.17, 15) is 0 Å². The first-order valence-corrected chi connectivity index (χ1v) is 22.0. The van der Waals surface area contributed by atoms with Gasteiger partial charge in [0.15, 0.2) is 5.58 Å². The maximum Gasteiger partial charge on any atom is 0.159 e. The number of para-hydroxylation sites is 2. The average molecular weight is 820 g/mol. The molecule has 10 aromatic rings. The number of hydrogen-bond acceptors (Lipinski definition) is 2. The van der Waals surface area contributed by atoms with Crippen molar-refractivity contribution in [2.75, 3.05) is 4.90 Å². The number of allylic oxidation sites excluding steroid dienone is 5. The standard InChI is InChI=1S/C62H45NO/c1-3-51(59-55-29-17-18-33-57(55)62(56(59)4-2,47-25-13-7-14-26-47)48-27-15-8-16-28-48)46-37-41-50(42-38-46)63(49-39-35-44(36-40-49)43-21-9-5-10-22-43)58-34-20-32-54-53-31-19-30-52(60(53)64-61(54)58)45-23-11-6-12-24-45/h3-42H,2H2,1H3/b51-3-. The fraction of sp³-hybridized carbons (Fsp3) is 0.0323. The van der Waals surface area contributed by atoms with E-state index in [1.807, 2.05) is 0 Å². The van der Waals surface area contributed by atoms with Gasteiger partial charge in [0, 0.05) is 27.7 Å². The fourth-order valence-electron chi connectivity index (χ4n) is 10.1. The minimum Gasteiger partial charge on any atom is -0.453 e. The Bertz CT molecular complexity index is 3320. The van der Waals surface area contributed by atoms with Gasteiger partial charge in [0.1, 0.15) is 5.58 Å². The van der Waals surface area contributed by atoms with Crippen molar-refractivity contribution in [3.8, 4) is 22.3 Å². The predicted octanol–water partition coefficient (Wildman–Crippen LogP) is 16.8. The lowest BCUT2D eigenvalue weighted by Gasteiger charge is -2.34. The van der Waals surface area contributed by atoms with Crippen molar-refractivity contribution < 1.29 is 4.42 Å². The van der Waals surface area contributed by atoms with Crippen LogP contribution in [-0.2, 0) is 5.41 Å². The lowest BCUT2D eigenvalue weighted by atomic mass is 9.67. The molecule has 0 atom stereocenters. The van der Waals surface area contributed by atoms with Crippen molar-refractivity contribution >= 4 is 50.1 Å². The molecule has 0 unspecified atom stereocenters. The van der Waals surface area contributed by atoms with Gasteiger partial charge >= 0.3 is 0 Å². The largest absolute Gasteiger partial charge is 0.453 e. The highest BCUT2D eigenvalue weighted by Crippen LogP contribution is 2.58. The Kier molecular flexibility index (Phi) is 9.83. The van der Waals surface area contributed by atoms with Crippen molar-refractivity contribution in [2.45, 2.75) is 12.3 Å². The van der Waals surface area contributed by atoms with Gasteiger partial charge in [-0.15, -0.1) is 0 Å². The molecule has 0 amide bonds. The first-order valence-electron chi connectivity index (χ1n) is 22.0. The number of nitrogens with zero attached hydrogens (tertiary/aromatic N) is 1. The molecule has 0 spiro atoms. The Morgan fingerprint density at radius 2 is 0.969 bits per heavy atom. The molecule has 0 fully saturated rings. The van der Waals surface area contributed by atoms with Crippen molar-refractivity contribution in [3.05, 3.63) is 283 Å². The van der Waals surface area contributed by atoms with E-state index >= 15 is 0 Å². The van der Waals surface area contributed by atoms with E-state index in [1.165, 1.54) is 39.0 Å². The molecular weight excluding hydrogens is 775 g/mol. The molecule has 1 heterocycles. The van der Waals surface area contributed by atoms with Crippen LogP contribution in [0, 0.1) is 0 Å². The lowest BCUT2D eigenvalue weighted by molar-refractivity contribution is 0.670. The molecule has 1 aromatic heterocycles. The second-order valence-electron chi connectivity index (χ2n) is 16.3. The summed E-state index contributed by atoms with van der Waals surface area (Å²) in [5, 5.41) is 2.17. The number of furan rings is 1. The maximum absolute atomic E-state index is 7.02. The third-order valence-corrected chi connectivity index (χ3v) is 12.9. The van der Waals surface area contributed by atoms with Gasteiger partial charge in [-0.2, -0.15) is 0 Å². The summed E-state index contributed by atoms with van der Waals surface area (Å²) in [5.74, 6) is 0. The Hall–Kier alpha value is -8.20. The number of benzene rings is 9. The Morgan fingerprint density at radius 3 is 1.58 bits per heavy atom. The van der Waals surface area contributed by atoms with Gasteiger partial charge in [0.05, 0.1) is 11.1 Å². The molecule has 11 rings (SSSR count). The minimum absolute atomic E-state index is 0.543. The highest BCUT2D eigenvalue weighted by Gasteiger charge is 2.47. The third-order valence-electron chi connectivity index (χ3n) is 12.9. The van der Waals surface area contributed by atoms with Crippen LogP contribution in [0.25, 0.3) is 55.3 Å². The Labute approximate surface area is 375 Å². The van der Waals surface area contributed by atoms with Crippen LogP contribution in [0.15, 0.2) is 259 Å². The van der Waals surface area contributed by atoms with E-state index in [0.29, 0.717) is 0 Å². The van der Waals surface area contributed by atoms with Gasteiger partial charge in [0.25, 0.3) is 0 Å². The molecule has 0 radical (unpaired) electrons. The van der Waals surface area contributed by atoms with Crippen molar-refractivity contribution in [1.82, 2.24) is 0 Å². The average Bonchev–Trinajstić information content (AvgIpc) is 3.91. The predicted molar refractivity (Wildman–Crippen MR) is 269 cm³/mol. The number of fused-ring (bicyclic) bond motifs is 4. The summed E-state index contributed by atoms with van der Waals surface area (Å²) in [6, 6.07) is 82.6. The normalized spacial score (nSPS) is 13.3. The Morgan fingerprint density at radius 1 is 0.469 bits per heavy atom. The number of rotatable bonds is 10. The quantitative estimate of drug-likeness (QED) is 0.137. The molecule has 2 heteroatoms. The van der Waals surface area contributed by atoms with Gasteiger partial charge < -0.3 is 9.32 Å². The molecule has 64 heavy (non-hydrogen) atoms. The molecule has 2 nitrogen and oxygen atoms in total. The van der Waals surface area contributed by atoms with Crippen molar-refractivity contribution in [2.24, 2.45) is 0 Å². The first-order chi connectivity index (χ1) is 31.7. The van der Waals surface area contributed by atoms with E-state index in [-0.39, 0.29) is 0 Å². The molecule has 0 saturated carbocycles. The van der Waals surface area contributed by atoms with Gasteiger partial charge in [0.2, 0.25) is 0 Å². The van der Waals surface area contributed by atoms with E-state index < -0.39 is 5.41 Å². The third kappa shape index (κ3) is 6.26. The molecule has 1 aliphatic carbocycles. The van der Waals surface area contributed by atoms with Crippen molar-refractivity contribution in [1.29, 1.82) is 0 Å². The molecule has 9 aromatic carbocycles.